The average molecular weight is 156 g/mol. The van der Waals surface area contributed by atoms with Crippen LogP contribution < -0.4 is 0 Å². The van der Waals surface area contributed by atoms with E-state index in [4.69, 9.17) is 9.47 Å². The number of Topliss-reactive ketones (excluding diaryl/α,β-unsaturated/α-hetero) is 1. The van der Waals surface area contributed by atoms with Gasteiger partial charge in [0.15, 0.2) is 6.29 Å². The van der Waals surface area contributed by atoms with Crippen LogP contribution in [0.2, 0.25) is 0 Å². The number of carbonyl (C=O) groups is 1. The maximum Gasteiger partial charge on any atom is 0.164 e. The standard InChI is InChI=1S/C8H12O3/c1-2-3-7(9)6-8-10-4-5-11-8/h2,8H,1,3-6H2. The first kappa shape index (κ1) is 8.43. The van der Waals surface area contributed by atoms with Crippen LogP contribution in [0.1, 0.15) is 12.8 Å². The first-order valence-electron chi connectivity index (χ1n) is 3.68. The Labute approximate surface area is 66.0 Å². The molecule has 1 rings (SSSR count). The predicted octanol–water partition coefficient (Wildman–Crippen LogP) is 0.895. The molecule has 0 amide bonds. The third-order valence-corrected chi connectivity index (χ3v) is 1.46. The molecule has 0 unspecified atom stereocenters. The van der Waals surface area contributed by atoms with Crippen molar-refractivity contribution in [1.29, 1.82) is 0 Å². The third-order valence-electron chi connectivity index (χ3n) is 1.46. The number of carbonyl (C=O) groups excluding carboxylic acids is 1. The minimum absolute atomic E-state index is 0.118. The van der Waals surface area contributed by atoms with Crippen LogP contribution in [-0.2, 0) is 14.3 Å². The van der Waals surface area contributed by atoms with Gasteiger partial charge in [-0.2, -0.15) is 0 Å². The summed E-state index contributed by atoms with van der Waals surface area (Å²) < 4.78 is 10.2. The molecule has 0 N–H and O–H groups in total. The van der Waals surface area contributed by atoms with Gasteiger partial charge < -0.3 is 9.47 Å². The zero-order valence-electron chi connectivity index (χ0n) is 6.41. The first-order valence-corrected chi connectivity index (χ1v) is 3.68. The Bertz CT molecular complexity index is 147. The first-order chi connectivity index (χ1) is 5.33. The normalized spacial score (nSPS) is 18.5. The van der Waals surface area contributed by atoms with Crippen molar-refractivity contribution in [2.75, 3.05) is 13.2 Å². The smallest absolute Gasteiger partial charge is 0.164 e. The summed E-state index contributed by atoms with van der Waals surface area (Å²) >= 11 is 0. The molecule has 62 valence electrons. The van der Waals surface area contributed by atoms with Crippen molar-refractivity contribution in [3.05, 3.63) is 12.7 Å². The van der Waals surface area contributed by atoms with E-state index in [1.165, 1.54) is 0 Å². The summed E-state index contributed by atoms with van der Waals surface area (Å²) in [4.78, 5) is 11.0. The van der Waals surface area contributed by atoms with E-state index in [0.717, 1.165) is 0 Å². The van der Waals surface area contributed by atoms with E-state index in [9.17, 15) is 4.79 Å². The number of hydrogen-bond donors (Lipinski definition) is 0. The summed E-state index contributed by atoms with van der Waals surface area (Å²) in [7, 11) is 0. The van der Waals surface area contributed by atoms with Crippen LogP contribution in [0.5, 0.6) is 0 Å². The molecule has 0 saturated carbocycles. The molecule has 1 aliphatic heterocycles. The summed E-state index contributed by atoms with van der Waals surface area (Å²) in [6.45, 7) is 4.68. The second-order valence-corrected chi connectivity index (χ2v) is 2.41. The highest BCUT2D eigenvalue weighted by molar-refractivity contribution is 5.80. The van der Waals surface area contributed by atoms with E-state index in [0.29, 0.717) is 26.1 Å². The summed E-state index contributed by atoms with van der Waals surface area (Å²) in [6, 6.07) is 0. The fraction of sp³-hybridized carbons (Fsp3) is 0.625. The highest BCUT2D eigenvalue weighted by Crippen LogP contribution is 2.09. The van der Waals surface area contributed by atoms with Gasteiger partial charge in [0.2, 0.25) is 0 Å². The number of allylic oxidation sites excluding steroid dienone is 1. The fourth-order valence-electron chi connectivity index (χ4n) is 0.955. The Morgan fingerprint density at radius 1 is 1.55 bits per heavy atom. The highest BCUT2D eigenvalue weighted by Gasteiger charge is 2.18. The number of ketones is 1. The van der Waals surface area contributed by atoms with Crippen molar-refractivity contribution < 1.29 is 14.3 Å². The Balaban J connectivity index is 2.18. The van der Waals surface area contributed by atoms with Crippen molar-refractivity contribution in [3.63, 3.8) is 0 Å². The molecular formula is C8H12O3. The van der Waals surface area contributed by atoms with Gasteiger partial charge in [0.25, 0.3) is 0 Å². The maximum atomic E-state index is 11.0. The molecule has 0 bridgehead atoms. The maximum absolute atomic E-state index is 11.0. The lowest BCUT2D eigenvalue weighted by atomic mass is 10.2. The molecule has 1 fully saturated rings. The molecule has 0 atom stereocenters. The molecule has 1 aliphatic rings. The van der Waals surface area contributed by atoms with Crippen LogP contribution in [0, 0.1) is 0 Å². The summed E-state index contributed by atoms with van der Waals surface area (Å²) in [5, 5.41) is 0. The predicted molar refractivity (Wildman–Crippen MR) is 40.1 cm³/mol. The lowest BCUT2D eigenvalue weighted by molar-refractivity contribution is -0.126. The van der Waals surface area contributed by atoms with Gasteiger partial charge in [0.05, 0.1) is 19.6 Å². The molecule has 1 saturated heterocycles. The topological polar surface area (TPSA) is 35.5 Å². The quantitative estimate of drug-likeness (QED) is 0.567. The summed E-state index contributed by atoms with van der Waals surface area (Å²) in [5.74, 6) is 0.118. The summed E-state index contributed by atoms with van der Waals surface area (Å²) in [5.41, 5.74) is 0. The molecule has 0 spiro atoms. The molecule has 1 heterocycles. The lowest BCUT2D eigenvalue weighted by Gasteiger charge is -2.05. The van der Waals surface area contributed by atoms with Crippen LogP contribution >= 0.6 is 0 Å². The van der Waals surface area contributed by atoms with Gasteiger partial charge in [-0.1, -0.05) is 6.08 Å². The van der Waals surface area contributed by atoms with E-state index in [2.05, 4.69) is 6.58 Å². The molecule has 0 aromatic rings. The van der Waals surface area contributed by atoms with E-state index in [1.807, 2.05) is 0 Å². The van der Waals surface area contributed by atoms with Gasteiger partial charge in [-0.3, -0.25) is 4.79 Å². The average Bonchev–Trinajstić information content (AvgIpc) is 2.40. The van der Waals surface area contributed by atoms with Gasteiger partial charge in [0, 0.05) is 6.42 Å². The number of ether oxygens (including phenoxy) is 2. The zero-order chi connectivity index (χ0) is 8.10. The molecule has 0 aliphatic carbocycles. The van der Waals surface area contributed by atoms with Gasteiger partial charge in [-0.25, -0.2) is 0 Å². The zero-order valence-corrected chi connectivity index (χ0v) is 6.41. The van der Waals surface area contributed by atoms with Crippen LogP contribution in [0.4, 0.5) is 0 Å². The second-order valence-electron chi connectivity index (χ2n) is 2.41. The Morgan fingerprint density at radius 3 is 2.73 bits per heavy atom. The van der Waals surface area contributed by atoms with Gasteiger partial charge >= 0.3 is 0 Å². The van der Waals surface area contributed by atoms with Crippen molar-refractivity contribution >= 4 is 5.78 Å². The molecule has 0 aromatic carbocycles. The van der Waals surface area contributed by atoms with E-state index >= 15 is 0 Å². The molecule has 3 nitrogen and oxygen atoms in total. The van der Waals surface area contributed by atoms with Crippen LogP contribution in [0.25, 0.3) is 0 Å². The van der Waals surface area contributed by atoms with Gasteiger partial charge in [-0.15, -0.1) is 6.58 Å². The van der Waals surface area contributed by atoms with Crippen molar-refractivity contribution in [3.8, 4) is 0 Å². The third kappa shape index (κ3) is 2.82. The number of rotatable bonds is 4. The molecule has 0 radical (unpaired) electrons. The largest absolute Gasteiger partial charge is 0.350 e. The Hall–Kier alpha value is -0.670. The van der Waals surface area contributed by atoms with Gasteiger partial charge in [0.1, 0.15) is 5.78 Å². The molecule has 11 heavy (non-hydrogen) atoms. The monoisotopic (exact) mass is 156 g/mol. The van der Waals surface area contributed by atoms with Crippen LogP contribution in [-0.4, -0.2) is 25.3 Å². The minimum atomic E-state index is -0.303. The second kappa shape index (κ2) is 4.26. The molecule has 0 aromatic heterocycles. The van der Waals surface area contributed by atoms with Crippen LogP contribution in [0.15, 0.2) is 12.7 Å². The van der Waals surface area contributed by atoms with Crippen LogP contribution in [0.3, 0.4) is 0 Å². The van der Waals surface area contributed by atoms with Crippen molar-refractivity contribution in [1.82, 2.24) is 0 Å². The van der Waals surface area contributed by atoms with Gasteiger partial charge in [-0.05, 0) is 0 Å². The highest BCUT2D eigenvalue weighted by atomic mass is 16.7. The lowest BCUT2D eigenvalue weighted by Crippen LogP contribution is -2.13. The number of hydrogen-bond acceptors (Lipinski definition) is 3. The Morgan fingerprint density at radius 2 is 2.18 bits per heavy atom. The minimum Gasteiger partial charge on any atom is -0.350 e. The van der Waals surface area contributed by atoms with E-state index in [-0.39, 0.29) is 12.1 Å². The van der Waals surface area contributed by atoms with Crippen molar-refractivity contribution in [2.24, 2.45) is 0 Å². The van der Waals surface area contributed by atoms with E-state index < -0.39 is 0 Å². The van der Waals surface area contributed by atoms with Crippen molar-refractivity contribution in [2.45, 2.75) is 19.1 Å². The Kier molecular flexibility index (Phi) is 3.26. The fourth-order valence-corrected chi connectivity index (χ4v) is 0.955. The molecular weight excluding hydrogens is 144 g/mol. The summed E-state index contributed by atoms with van der Waals surface area (Å²) in [6.07, 6.45) is 2.05. The van der Waals surface area contributed by atoms with E-state index in [1.54, 1.807) is 6.08 Å². The SMILES string of the molecule is C=CCC(=O)CC1OCCO1. The molecule has 3 heteroatoms.